The lowest BCUT2D eigenvalue weighted by Gasteiger charge is -2.25. The average molecular weight is 405 g/mol. The molecular formula is C19H27ClF2N2O3. The fourth-order valence-corrected chi connectivity index (χ4v) is 3.90. The Kier molecular flexibility index (Phi) is 7.28. The number of hydrogen-bond donors (Lipinski definition) is 1. The van der Waals surface area contributed by atoms with E-state index in [9.17, 15) is 13.6 Å². The Morgan fingerprint density at radius 2 is 2.04 bits per heavy atom. The van der Waals surface area contributed by atoms with Gasteiger partial charge in [-0.25, -0.2) is 0 Å². The molecular weight excluding hydrogens is 378 g/mol. The van der Waals surface area contributed by atoms with Gasteiger partial charge in [-0.3, -0.25) is 4.79 Å². The zero-order valence-electron chi connectivity index (χ0n) is 15.7. The van der Waals surface area contributed by atoms with E-state index in [0.717, 1.165) is 37.9 Å². The third-order valence-corrected chi connectivity index (χ3v) is 5.41. The van der Waals surface area contributed by atoms with Crippen LogP contribution in [0.4, 0.5) is 8.78 Å². The molecule has 2 aliphatic rings. The molecule has 1 saturated heterocycles. The van der Waals surface area contributed by atoms with Crippen LogP contribution < -0.4 is 14.8 Å². The Morgan fingerprint density at radius 1 is 1.33 bits per heavy atom. The molecule has 8 heteroatoms. The summed E-state index contributed by atoms with van der Waals surface area (Å²) in [7, 11) is 1.79. The molecule has 1 N–H and O–H groups in total. The SMILES string of the molecule is CCOc1cc(CN(C)C(=O)C2CC23CCNCC3)ccc1OC(F)F.Cl. The van der Waals surface area contributed by atoms with E-state index in [2.05, 4.69) is 10.1 Å². The van der Waals surface area contributed by atoms with Gasteiger partial charge in [0.25, 0.3) is 0 Å². The van der Waals surface area contributed by atoms with E-state index < -0.39 is 6.61 Å². The summed E-state index contributed by atoms with van der Waals surface area (Å²) in [5.41, 5.74) is 1.02. The number of alkyl halides is 2. The molecule has 2 fully saturated rings. The summed E-state index contributed by atoms with van der Waals surface area (Å²) in [6, 6.07) is 4.83. The second-order valence-electron chi connectivity index (χ2n) is 7.16. The summed E-state index contributed by atoms with van der Waals surface area (Å²) < 4.78 is 34.9. The van der Waals surface area contributed by atoms with Crippen LogP contribution in [0, 0.1) is 11.3 Å². The first kappa shape index (κ1) is 21.7. The van der Waals surface area contributed by atoms with Gasteiger partial charge in [-0.05, 0) is 62.4 Å². The van der Waals surface area contributed by atoms with E-state index in [1.165, 1.54) is 6.07 Å². The first-order valence-corrected chi connectivity index (χ1v) is 9.11. The molecule has 1 aliphatic carbocycles. The first-order chi connectivity index (χ1) is 12.4. The number of rotatable bonds is 7. The number of nitrogens with one attached hydrogen (secondary N) is 1. The highest BCUT2D eigenvalue weighted by Gasteiger charge is 2.58. The Balaban J connectivity index is 0.00000261. The minimum Gasteiger partial charge on any atom is -0.490 e. The van der Waals surface area contributed by atoms with Crippen LogP contribution in [0.1, 0.15) is 31.7 Å². The molecule has 5 nitrogen and oxygen atoms in total. The van der Waals surface area contributed by atoms with E-state index in [1.54, 1.807) is 31.0 Å². The van der Waals surface area contributed by atoms with Crippen molar-refractivity contribution in [1.82, 2.24) is 10.2 Å². The second kappa shape index (κ2) is 9.06. The van der Waals surface area contributed by atoms with Gasteiger partial charge in [-0.2, -0.15) is 8.78 Å². The standard InChI is InChI=1S/C19H26F2N2O3.ClH/c1-3-25-16-10-13(4-5-15(16)26-18(20)21)12-23(2)17(24)14-11-19(14)6-8-22-9-7-19;/h4-5,10,14,18,22H,3,6-9,11-12H2,1-2H3;1H. The molecule has 1 aliphatic heterocycles. The number of hydrogen-bond acceptors (Lipinski definition) is 4. The minimum atomic E-state index is -2.90. The fourth-order valence-electron chi connectivity index (χ4n) is 3.90. The van der Waals surface area contributed by atoms with Crippen LogP contribution in [-0.2, 0) is 11.3 Å². The normalized spacial score (nSPS) is 20.1. The van der Waals surface area contributed by atoms with Crippen molar-refractivity contribution < 1.29 is 23.0 Å². The molecule has 1 saturated carbocycles. The number of amides is 1. The van der Waals surface area contributed by atoms with Gasteiger partial charge < -0.3 is 19.7 Å². The number of carbonyl (C=O) groups is 1. The van der Waals surface area contributed by atoms with Gasteiger partial charge in [0.2, 0.25) is 5.91 Å². The van der Waals surface area contributed by atoms with E-state index >= 15 is 0 Å². The highest BCUT2D eigenvalue weighted by atomic mass is 35.5. The number of benzene rings is 1. The van der Waals surface area contributed by atoms with E-state index in [0.29, 0.717) is 13.2 Å². The number of carbonyl (C=O) groups excluding carboxylic acids is 1. The van der Waals surface area contributed by atoms with Crippen LogP contribution in [0.5, 0.6) is 11.5 Å². The van der Waals surface area contributed by atoms with E-state index in [4.69, 9.17) is 4.74 Å². The van der Waals surface area contributed by atoms with Crippen molar-refractivity contribution in [1.29, 1.82) is 0 Å². The van der Waals surface area contributed by atoms with E-state index in [1.807, 2.05) is 0 Å². The van der Waals surface area contributed by atoms with Crippen molar-refractivity contribution in [3.63, 3.8) is 0 Å². The summed E-state index contributed by atoms with van der Waals surface area (Å²) >= 11 is 0. The molecule has 1 spiro atoms. The van der Waals surface area contributed by atoms with Crippen LogP contribution in [0.2, 0.25) is 0 Å². The molecule has 1 amide bonds. The van der Waals surface area contributed by atoms with Gasteiger partial charge in [0.15, 0.2) is 11.5 Å². The third kappa shape index (κ3) is 5.02. The Labute approximate surface area is 164 Å². The van der Waals surface area contributed by atoms with Crippen molar-refractivity contribution >= 4 is 18.3 Å². The maximum absolute atomic E-state index is 12.8. The highest BCUT2D eigenvalue weighted by Crippen LogP contribution is 2.59. The molecule has 1 heterocycles. The van der Waals surface area contributed by atoms with Gasteiger partial charge >= 0.3 is 6.61 Å². The number of nitrogens with zero attached hydrogens (tertiary/aromatic N) is 1. The smallest absolute Gasteiger partial charge is 0.387 e. The lowest BCUT2D eigenvalue weighted by atomic mass is 9.91. The molecule has 0 aromatic heterocycles. The van der Waals surface area contributed by atoms with Crippen LogP contribution in [-0.4, -0.2) is 44.2 Å². The quantitative estimate of drug-likeness (QED) is 0.756. The topological polar surface area (TPSA) is 50.8 Å². The van der Waals surface area contributed by atoms with Crippen LogP contribution in [0.15, 0.2) is 18.2 Å². The van der Waals surface area contributed by atoms with Gasteiger partial charge in [0.1, 0.15) is 0 Å². The third-order valence-electron chi connectivity index (χ3n) is 5.41. The average Bonchev–Trinajstić information content (AvgIpc) is 3.29. The summed E-state index contributed by atoms with van der Waals surface area (Å²) in [6.45, 7) is 1.60. The molecule has 1 aromatic carbocycles. The lowest BCUT2D eigenvalue weighted by molar-refractivity contribution is -0.132. The maximum Gasteiger partial charge on any atom is 0.387 e. The molecule has 1 atom stereocenters. The monoisotopic (exact) mass is 404 g/mol. The predicted octanol–water partition coefficient (Wildman–Crippen LogP) is 3.46. The summed E-state index contributed by atoms with van der Waals surface area (Å²) in [5, 5.41) is 3.34. The van der Waals surface area contributed by atoms with Crippen LogP contribution in [0.3, 0.4) is 0 Å². The largest absolute Gasteiger partial charge is 0.490 e. The zero-order chi connectivity index (χ0) is 18.7. The molecule has 0 radical (unpaired) electrons. The summed E-state index contributed by atoms with van der Waals surface area (Å²) in [4.78, 5) is 14.5. The van der Waals surface area contributed by atoms with E-state index in [-0.39, 0.29) is 41.1 Å². The van der Waals surface area contributed by atoms with Crippen molar-refractivity contribution in [2.24, 2.45) is 11.3 Å². The summed E-state index contributed by atoms with van der Waals surface area (Å²) in [5.74, 6) is 0.558. The van der Waals surface area contributed by atoms with Crippen LogP contribution in [0.25, 0.3) is 0 Å². The predicted molar refractivity (Wildman–Crippen MR) is 101 cm³/mol. The fraction of sp³-hybridized carbons (Fsp3) is 0.632. The number of halogens is 3. The molecule has 3 rings (SSSR count). The molecule has 1 unspecified atom stereocenters. The highest BCUT2D eigenvalue weighted by molar-refractivity contribution is 5.85. The number of piperidine rings is 1. The van der Waals surface area contributed by atoms with Crippen molar-refractivity contribution in [3.8, 4) is 11.5 Å². The molecule has 0 bridgehead atoms. The maximum atomic E-state index is 12.8. The molecule has 1 aromatic rings. The number of ether oxygens (including phenoxy) is 2. The zero-order valence-corrected chi connectivity index (χ0v) is 16.5. The molecule has 27 heavy (non-hydrogen) atoms. The first-order valence-electron chi connectivity index (χ1n) is 9.11. The Morgan fingerprint density at radius 3 is 2.67 bits per heavy atom. The Bertz CT molecular complexity index is 654. The van der Waals surface area contributed by atoms with Gasteiger partial charge in [0.05, 0.1) is 6.61 Å². The lowest BCUT2D eigenvalue weighted by Crippen LogP contribution is -2.34. The van der Waals surface area contributed by atoms with Crippen molar-refractivity contribution in [3.05, 3.63) is 23.8 Å². The minimum absolute atomic E-state index is 0. The van der Waals surface area contributed by atoms with Crippen LogP contribution >= 0.6 is 12.4 Å². The molecule has 152 valence electrons. The second-order valence-corrected chi connectivity index (χ2v) is 7.16. The van der Waals surface area contributed by atoms with Gasteiger partial charge in [-0.1, -0.05) is 6.07 Å². The van der Waals surface area contributed by atoms with Gasteiger partial charge in [-0.15, -0.1) is 12.4 Å². The van der Waals surface area contributed by atoms with Gasteiger partial charge in [0, 0.05) is 19.5 Å². The van der Waals surface area contributed by atoms with Crippen molar-refractivity contribution in [2.75, 3.05) is 26.7 Å². The summed E-state index contributed by atoms with van der Waals surface area (Å²) in [6.07, 6.45) is 3.10. The Hall–Kier alpha value is -1.60. The van der Waals surface area contributed by atoms with Crippen molar-refractivity contribution in [2.45, 2.75) is 39.3 Å².